The predicted octanol–water partition coefficient (Wildman–Crippen LogP) is 0.682. The second kappa shape index (κ2) is 8.29. The lowest BCUT2D eigenvalue weighted by atomic mass is 9.95. The minimum Gasteiger partial charge on any atom is -0.369 e. The molecule has 7 heteroatoms. The van der Waals surface area contributed by atoms with E-state index in [0.717, 1.165) is 51.1 Å². The standard InChI is InChI=1S/C18H27N5O2/c19-16(24)13-22-9-3-4-14(12-22)18(25)23-10-6-15(7-11-23)21-17-5-1-2-8-20-17/h1-2,5,8,14-15H,3-4,6-7,9-13H2,(H2,19,24)(H,20,21)/t14-/m1/s1. The number of nitrogens with zero attached hydrogens (tertiary/aromatic N) is 3. The van der Waals surface area contributed by atoms with Crippen molar-refractivity contribution in [2.75, 3.05) is 38.0 Å². The summed E-state index contributed by atoms with van der Waals surface area (Å²) < 4.78 is 0. The molecule has 3 rings (SSSR count). The van der Waals surface area contributed by atoms with E-state index in [1.807, 2.05) is 28.0 Å². The molecule has 1 aromatic rings. The third-order valence-corrected chi connectivity index (χ3v) is 5.06. The maximum absolute atomic E-state index is 12.8. The van der Waals surface area contributed by atoms with Crippen LogP contribution in [0.3, 0.4) is 0 Å². The summed E-state index contributed by atoms with van der Waals surface area (Å²) in [5.74, 6) is 0.787. The van der Waals surface area contributed by atoms with Crippen molar-refractivity contribution in [3.05, 3.63) is 24.4 Å². The quantitative estimate of drug-likeness (QED) is 0.819. The summed E-state index contributed by atoms with van der Waals surface area (Å²) in [6.45, 7) is 3.29. The van der Waals surface area contributed by atoms with E-state index in [1.54, 1.807) is 6.20 Å². The molecule has 0 aliphatic carbocycles. The molecule has 2 fully saturated rings. The molecular weight excluding hydrogens is 318 g/mol. The Bertz CT molecular complexity index is 586. The van der Waals surface area contributed by atoms with Crippen LogP contribution in [0.2, 0.25) is 0 Å². The maximum atomic E-state index is 12.8. The number of carbonyl (C=O) groups excluding carboxylic acids is 2. The van der Waals surface area contributed by atoms with Crippen LogP contribution in [0.4, 0.5) is 5.82 Å². The van der Waals surface area contributed by atoms with Crippen molar-refractivity contribution in [3.63, 3.8) is 0 Å². The lowest BCUT2D eigenvalue weighted by Crippen LogP contribution is -2.49. The second-order valence-corrected chi connectivity index (χ2v) is 7.00. The van der Waals surface area contributed by atoms with Gasteiger partial charge in [-0.1, -0.05) is 6.07 Å². The Kier molecular flexibility index (Phi) is 5.86. The van der Waals surface area contributed by atoms with E-state index in [-0.39, 0.29) is 24.3 Å². The molecule has 2 saturated heterocycles. The fourth-order valence-electron chi connectivity index (χ4n) is 3.78. The zero-order valence-corrected chi connectivity index (χ0v) is 14.6. The predicted molar refractivity (Wildman–Crippen MR) is 95.8 cm³/mol. The van der Waals surface area contributed by atoms with Gasteiger partial charge in [-0.25, -0.2) is 4.98 Å². The van der Waals surface area contributed by atoms with E-state index < -0.39 is 0 Å². The summed E-state index contributed by atoms with van der Waals surface area (Å²) in [4.78, 5) is 32.2. The number of nitrogens with one attached hydrogen (secondary N) is 1. The molecule has 0 bridgehead atoms. The van der Waals surface area contributed by atoms with Gasteiger partial charge in [0.05, 0.1) is 12.5 Å². The molecule has 25 heavy (non-hydrogen) atoms. The summed E-state index contributed by atoms with van der Waals surface area (Å²) in [6, 6.07) is 6.19. The van der Waals surface area contributed by atoms with Crippen LogP contribution in [0.5, 0.6) is 0 Å². The van der Waals surface area contributed by atoms with Crippen LogP contribution in [0.15, 0.2) is 24.4 Å². The molecule has 1 atom stereocenters. The molecule has 0 saturated carbocycles. The Hall–Kier alpha value is -2.15. The number of rotatable bonds is 5. The third kappa shape index (κ3) is 4.92. The molecule has 2 amide bonds. The average molecular weight is 345 g/mol. The van der Waals surface area contributed by atoms with Gasteiger partial charge in [0.15, 0.2) is 0 Å². The summed E-state index contributed by atoms with van der Waals surface area (Å²) >= 11 is 0. The third-order valence-electron chi connectivity index (χ3n) is 5.06. The number of amides is 2. The Morgan fingerprint density at radius 2 is 2.00 bits per heavy atom. The van der Waals surface area contributed by atoms with E-state index in [9.17, 15) is 9.59 Å². The van der Waals surface area contributed by atoms with Crippen LogP contribution in [0.1, 0.15) is 25.7 Å². The van der Waals surface area contributed by atoms with E-state index in [0.29, 0.717) is 12.6 Å². The van der Waals surface area contributed by atoms with Gasteiger partial charge >= 0.3 is 0 Å². The van der Waals surface area contributed by atoms with Crippen molar-refractivity contribution >= 4 is 17.6 Å². The van der Waals surface area contributed by atoms with Crippen LogP contribution in [0.25, 0.3) is 0 Å². The van der Waals surface area contributed by atoms with Gasteiger partial charge in [0, 0.05) is 31.9 Å². The number of hydrogen-bond donors (Lipinski definition) is 2. The van der Waals surface area contributed by atoms with Gasteiger partial charge in [-0.15, -0.1) is 0 Å². The topological polar surface area (TPSA) is 91.6 Å². The Balaban J connectivity index is 1.47. The van der Waals surface area contributed by atoms with Crippen molar-refractivity contribution in [1.82, 2.24) is 14.8 Å². The summed E-state index contributed by atoms with van der Waals surface area (Å²) in [7, 11) is 0. The highest BCUT2D eigenvalue weighted by atomic mass is 16.2. The Morgan fingerprint density at radius 3 is 2.68 bits per heavy atom. The van der Waals surface area contributed by atoms with Crippen LogP contribution >= 0.6 is 0 Å². The van der Waals surface area contributed by atoms with Crippen LogP contribution in [0, 0.1) is 5.92 Å². The number of pyridine rings is 1. The Labute approximate surface area is 148 Å². The first-order valence-electron chi connectivity index (χ1n) is 9.09. The van der Waals surface area contributed by atoms with Crippen LogP contribution in [-0.4, -0.2) is 65.4 Å². The number of nitrogens with two attached hydrogens (primary N) is 1. The van der Waals surface area contributed by atoms with Crippen molar-refractivity contribution in [2.24, 2.45) is 11.7 Å². The van der Waals surface area contributed by atoms with Crippen LogP contribution < -0.4 is 11.1 Å². The number of piperidine rings is 2. The van der Waals surface area contributed by atoms with Crippen molar-refractivity contribution in [2.45, 2.75) is 31.7 Å². The smallest absolute Gasteiger partial charge is 0.231 e. The molecule has 0 spiro atoms. The van der Waals surface area contributed by atoms with E-state index in [1.165, 1.54) is 0 Å². The first-order chi connectivity index (χ1) is 12.1. The number of carbonyl (C=O) groups is 2. The normalized spacial score (nSPS) is 22.6. The average Bonchev–Trinajstić information content (AvgIpc) is 2.62. The van der Waals surface area contributed by atoms with Gasteiger partial charge < -0.3 is 16.0 Å². The largest absolute Gasteiger partial charge is 0.369 e. The number of hydrogen-bond acceptors (Lipinski definition) is 5. The summed E-state index contributed by atoms with van der Waals surface area (Å²) in [5.41, 5.74) is 5.28. The monoisotopic (exact) mass is 345 g/mol. The molecule has 0 unspecified atom stereocenters. The van der Waals surface area contributed by atoms with Crippen molar-refractivity contribution in [1.29, 1.82) is 0 Å². The summed E-state index contributed by atoms with van der Waals surface area (Å²) in [5, 5.41) is 3.44. The molecule has 3 heterocycles. The molecule has 2 aliphatic rings. The molecule has 2 aliphatic heterocycles. The molecule has 3 N–H and O–H groups in total. The van der Waals surface area contributed by atoms with E-state index in [2.05, 4.69) is 10.3 Å². The molecular formula is C18H27N5O2. The van der Waals surface area contributed by atoms with Crippen LogP contribution in [-0.2, 0) is 9.59 Å². The highest BCUT2D eigenvalue weighted by molar-refractivity contribution is 5.80. The zero-order valence-electron chi connectivity index (χ0n) is 14.6. The molecule has 1 aromatic heterocycles. The zero-order chi connectivity index (χ0) is 17.6. The molecule has 136 valence electrons. The minimum atomic E-state index is -0.325. The van der Waals surface area contributed by atoms with Gasteiger partial charge in [0.25, 0.3) is 0 Å². The van der Waals surface area contributed by atoms with Crippen molar-refractivity contribution in [3.8, 4) is 0 Å². The number of anilines is 1. The number of aromatic nitrogens is 1. The Morgan fingerprint density at radius 1 is 1.20 bits per heavy atom. The molecule has 0 aromatic carbocycles. The van der Waals surface area contributed by atoms with Gasteiger partial charge in [-0.2, -0.15) is 0 Å². The lowest BCUT2D eigenvalue weighted by molar-refractivity contribution is -0.139. The number of primary amides is 1. The molecule has 7 nitrogen and oxygen atoms in total. The van der Waals surface area contributed by atoms with Gasteiger partial charge in [0.2, 0.25) is 11.8 Å². The first-order valence-corrected chi connectivity index (χ1v) is 9.09. The SMILES string of the molecule is NC(=O)CN1CCC[C@@H](C(=O)N2CCC(Nc3ccccn3)CC2)C1. The van der Waals surface area contributed by atoms with E-state index in [4.69, 9.17) is 5.73 Å². The van der Waals surface area contributed by atoms with Gasteiger partial charge in [-0.3, -0.25) is 14.5 Å². The van der Waals surface area contributed by atoms with Gasteiger partial charge in [-0.05, 0) is 44.4 Å². The highest BCUT2D eigenvalue weighted by Crippen LogP contribution is 2.22. The highest BCUT2D eigenvalue weighted by Gasteiger charge is 2.31. The molecule has 0 radical (unpaired) electrons. The van der Waals surface area contributed by atoms with E-state index >= 15 is 0 Å². The minimum absolute atomic E-state index is 0.00611. The fraction of sp³-hybridized carbons (Fsp3) is 0.611. The first kappa shape index (κ1) is 17.7. The lowest BCUT2D eigenvalue weighted by Gasteiger charge is -2.37. The van der Waals surface area contributed by atoms with Crippen molar-refractivity contribution < 1.29 is 9.59 Å². The maximum Gasteiger partial charge on any atom is 0.231 e. The second-order valence-electron chi connectivity index (χ2n) is 7.00. The fourth-order valence-corrected chi connectivity index (χ4v) is 3.78. The van der Waals surface area contributed by atoms with Gasteiger partial charge in [0.1, 0.15) is 5.82 Å². The summed E-state index contributed by atoms with van der Waals surface area (Å²) in [6.07, 6.45) is 5.49. The number of likely N-dealkylation sites (tertiary alicyclic amines) is 2.